The van der Waals surface area contributed by atoms with Crippen LogP contribution in [0.15, 0.2) is 52.4 Å². The topological polar surface area (TPSA) is 90.2 Å². The Morgan fingerprint density at radius 2 is 1.90 bits per heavy atom. The number of methoxy groups -OCH3 is 1. The molecular formula is C20H21N3O5S2. The summed E-state index contributed by atoms with van der Waals surface area (Å²) in [6.45, 7) is 1.25. The predicted octanol–water partition coefficient (Wildman–Crippen LogP) is 2.01. The zero-order valence-corrected chi connectivity index (χ0v) is 18.2. The highest BCUT2D eigenvalue weighted by atomic mass is 32.2. The molecule has 30 heavy (non-hydrogen) atoms. The summed E-state index contributed by atoms with van der Waals surface area (Å²) < 4.78 is 40.7. The number of thiazole rings is 1. The van der Waals surface area contributed by atoms with Crippen LogP contribution >= 0.6 is 11.3 Å². The maximum Gasteiger partial charge on any atom is 0.283 e. The molecule has 1 aromatic heterocycles. The lowest BCUT2D eigenvalue weighted by molar-refractivity contribution is 0.0730. The number of fused-ring (bicyclic) bond motifs is 1. The fourth-order valence-electron chi connectivity index (χ4n) is 3.29. The van der Waals surface area contributed by atoms with Gasteiger partial charge in [0, 0.05) is 20.1 Å². The number of hydrogen-bond donors (Lipinski definition) is 0. The molecule has 2 heterocycles. The molecule has 0 unspecified atom stereocenters. The van der Waals surface area contributed by atoms with Crippen molar-refractivity contribution in [1.82, 2.24) is 8.87 Å². The fourth-order valence-corrected chi connectivity index (χ4v) is 5.74. The van der Waals surface area contributed by atoms with E-state index in [0.717, 1.165) is 10.2 Å². The highest BCUT2D eigenvalue weighted by molar-refractivity contribution is 7.89. The minimum absolute atomic E-state index is 0.0319. The molecule has 8 nitrogen and oxygen atoms in total. The van der Waals surface area contributed by atoms with Gasteiger partial charge >= 0.3 is 0 Å². The number of benzene rings is 2. The summed E-state index contributed by atoms with van der Waals surface area (Å²) >= 11 is 1.39. The van der Waals surface area contributed by atoms with Gasteiger partial charge in [0.1, 0.15) is 5.75 Å². The van der Waals surface area contributed by atoms with Gasteiger partial charge in [0.2, 0.25) is 10.0 Å². The Balaban J connectivity index is 1.76. The van der Waals surface area contributed by atoms with Crippen LogP contribution in [0.2, 0.25) is 0 Å². The van der Waals surface area contributed by atoms with Crippen LogP contribution in [0.25, 0.3) is 10.2 Å². The highest BCUT2D eigenvalue weighted by Gasteiger charge is 2.28. The van der Waals surface area contributed by atoms with Gasteiger partial charge in [-0.3, -0.25) is 4.79 Å². The highest BCUT2D eigenvalue weighted by Crippen LogP contribution is 2.26. The Morgan fingerprint density at radius 3 is 2.60 bits per heavy atom. The van der Waals surface area contributed by atoms with Crippen LogP contribution in [0.5, 0.6) is 5.75 Å². The molecule has 0 spiro atoms. The summed E-state index contributed by atoms with van der Waals surface area (Å²) in [4.78, 5) is 17.8. The Labute approximate surface area is 178 Å². The summed E-state index contributed by atoms with van der Waals surface area (Å²) in [6.07, 6.45) is 0. The third-order valence-electron chi connectivity index (χ3n) is 4.92. The Morgan fingerprint density at radius 1 is 1.17 bits per heavy atom. The van der Waals surface area contributed by atoms with Crippen LogP contribution < -0.4 is 9.54 Å². The van der Waals surface area contributed by atoms with Gasteiger partial charge in [-0.15, -0.1) is 0 Å². The summed E-state index contributed by atoms with van der Waals surface area (Å²) in [6, 6.07) is 12.0. The van der Waals surface area contributed by atoms with E-state index < -0.39 is 15.9 Å². The van der Waals surface area contributed by atoms with Crippen LogP contribution in [0.1, 0.15) is 10.4 Å². The van der Waals surface area contributed by atoms with E-state index in [9.17, 15) is 13.2 Å². The molecule has 1 fully saturated rings. The number of nitrogens with zero attached hydrogens (tertiary/aromatic N) is 3. The quantitative estimate of drug-likeness (QED) is 0.610. The van der Waals surface area contributed by atoms with Crippen LogP contribution in [0, 0.1) is 0 Å². The van der Waals surface area contributed by atoms with Gasteiger partial charge in [-0.1, -0.05) is 23.5 Å². The van der Waals surface area contributed by atoms with Crippen LogP contribution in [-0.2, 0) is 21.8 Å². The molecule has 0 bridgehead atoms. The van der Waals surface area contributed by atoms with Crippen LogP contribution in [-0.4, -0.2) is 56.6 Å². The lowest BCUT2D eigenvalue weighted by Crippen LogP contribution is -2.40. The molecule has 0 atom stereocenters. The maximum atomic E-state index is 13.0. The molecule has 1 aliphatic heterocycles. The first-order valence-electron chi connectivity index (χ1n) is 9.31. The number of ether oxygens (including phenoxy) is 2. The zero-order chi connectivity index (χ0) is 21.3. The van der Waals surface area contributed by atoms with Gasteiger partial charge < -0.3 is 14.0 Å². The monoisotopic (exact) mass is 447 g/mol. The molecule has 0 radical (unpaired) electrons. The number of hydrogen-bond acceptors (Lipinski definition) is 6. The van der Waals surface area contributed by atoms with Crippen LogP contribution in [0.3, 0.4) is 0 Å². The van der Waals surface area contributed by atoms with Gasteiger partial charge in [-0.25, -0.2) is 8.42 Å². The molecule has 158 valence electrons. The first-order chi connectivity index (χ1) is 14.4. The Hall–Kier alpha value is -2.53. The normalized spacial score (nSPS) is 16.1. The molecule has 2 aromatic carbocycles. The molecule has 1 saturated heterocycles. The SMILES string of the molecule is COc1ccc(S(=O)(=O)N2CCOCC2)cc1C(=O)N=c1sc2ccccc2n1C. The molecule has 4 rings (SSSR count). The number of morpholine rings is 1. The second kappa shape index (κ2) is 8.31. The largest absolute Gasteiger partial charge is 0.496 e. The summed E-state index contributed by atoms with van der Waals surface area (Å²) in [5.41, 5.74) is 1.06. The molecular weight excluding hydrogens is 426 g/mol. The van der Waals surface area contributed by atoms with Crippen molar-refractivity contribution < 1.29 is 22.7 Å². The number of aryl methyl sites for hydroxylation is 1. The van der Waals surface area contributed by atoms with E-state index in [-0.39, 0.29) is 29.3 Å². The molecule has 1 amide bonds. The van der Waals surface area contributed by atoms with Crippen LogP contribution in [0.4, 0.5) is 0 Å². The number of amides is 1. The standard InChI is InChI=1S/C20H21N3O5S2/c1-22-16-5-3-4-6-18(16)29-20(22)21-19(24)15-13-14(7-8-17(15)27-2)30(25,26)23-9-11-28-12-10-23/h3-8,13H,9-12H2,1-2H3. The first-order valence-corrected chi connectivity index (χ1v) is 11.6. The number of carbonyl (C=O) groups excluding carboxylic acids is 1. The number of rotatable bonds is 4. The van der Waals surface area contributed by atoms with Gasteiger partial charge in [0.05, 0.1) is 41.0 Å². The molecule has 0 N–H and O–H groups in total. The van der Waals surface area contributed by atoms with Crippen molar-refractivity contribution in [3.05, 3.63) is 52.8 Å². The van der Waals surface area contributed by atoms with Crippen molar-refractivity contribution in [1.29, 1.82) is 0 Å². The Bertz CT molecular complexity index is 1270. The van der Waals surface area contributed by atoms with Crippen molar-refractivity contribution in [2.24, 2.45) is 12.0 Å². The maximum absolute atomic E-state index is 13.0. The molecule has 0 saturated carbocycles. The third kappa shape index (κ3) is 3.79. The Kier molecular flexibility index (Phi) is 5.74. The van der Waals surface area contributed by atoms with E-state index in [2.05, 4.69) is 4.99 Å². The minimum Gasteiger partial charge on any atom is -0.496 e. The van der Waals surface area contributed by atoms with Crippen molar-refractivity contribution in [3.8, 4) is 5.75 Å². The fraction of sp³-hybridized carbons (Fsp3) is 0.300. The average molecular weight is 448 g/mol. The second-order valence-corrected chi connectivity index (χ2v) is 9.65. The van der Waals surface area contributed by atoms with Gasteiger partial charge in [-0.2, -0.15) is 9.30 Å². The van der Waals surface area contributed by atoms with Crippen molar-refractivity contribution in [2.45, 2.75) is 4.90 Å². The number of para-hydroxylation sites is 1. The summed E-state index contributed by atoms with van der Waals surface area (Å²) in [5, 5.41) is 0. The van der Waals surface area contributed by atoms with Gasteiger partial charge in [-0.05, 0) is 30.3 Å². The van der Waals surface area contributed by atoms with E-state index in [1.165, 1.54) is 41.0 Å². The first kappa shape index (κ1) is 20.7. The lowest BCUT2D eigenvalue weighted by atomic mass is 10.2. The summed E-state index contributed by atoms with van der Waals surface area (Å²) in [7, 11) is -0.476. The van der Waals surface area contributed by atoms with Crippen molar-refractivity contribution in [3.63, 3.8) is 0 Å². The molecule has 10 heteroatoms. The number of aromatic nitrogens is 1. The number of carbonyl (C=O) groups is 1. The zero-order valence-electron chi connectivity index (χ0n) is 16.6. The van der Waals surface area contributed by atoms with E-state index in [1.807, 2.05) is 35.9 Å². The van der Waals surface area contributed by atoms with E-state index in [0.29, 0.717) is 18.0 Å². The summed E-state index contributed by atoms with van der Waals surface area (Å²) in [5.74, 6) is -0.290. The second-order valence-electron chi connectivity index (χ2n) is 6.71. The molecule has 1 aliphatic rings. The minimum atomic E-state index is -3.74. The smallest absolute Gasteiger partial charge is 0.283 e. The number of sulfonamides is 1. The third-order valence-corrected chi connectivity index (χ3v) is 7.93. The van der Waals surface area contributed by atoms with E-state index >= 15 is 0 Å². The molecule has 3 aromatic rings. The van der Waals surface area contributed by atoms with Crippen molar-refractivity contribution in [2.75, 3.05) is 33.4 Å². The molecule has 0 aliphatic carbocycles. The lowest BCUT2D eigenvalue weighted by Gasteiger charge is -2.26. The van der Waals surface area contributed by atoms with Gasteiger partial charge in [0.15, 0.2) is 4.80 Å². The van der Waals surface area contributed by atoms with E-state index in [4.69, 9.17) is 9.47 Å². The average Bonchev–Trinajstić information content (AvgIpc) is 3.09. The van der Waals surface area contributed by atoms with E-state index in [1.54, 1.807) is 0 Å². The van der Waals surface area contributed by atoms with Crippen molar-refractivity contribution >= 4 is 37.5 Å². The van der Waals surface area contributed by atoms with Gasteiger partial charge in [0.25, 0.3) is 5.91 Å². The predicted molar refractivity (Wildman–Crippen MR) is 113 cm³/mol.